The van der Waals surface area contributed by atoms with E-state index in [9.17, 15) is 9.59 Å². The van der Waals surface area contributed by atoms with Crippen LogP contribution in [0.1, 0.15) is 72.6 Å². The van der Waals surface area contributed by atoms with E-state index in [2.05, 4.69) is 46.4 Å². The van der Waals surface area contributed by atoms with Gasteiger partial charge in [-0.1, -0.05) is 61.3 Å². The van der Waals surface area contributed by atoms with E-state index in [0.717, 1.165) is 25.7 Å². The molecule has 0 amide bonds. The summed E-state index contributed by atoms with van der Waals surface area (Å²) in [5, 5.41) is 0. The minimum absolute atomic E-state index is 0.0136. The van der Waals surface area contributed by atoms with Crippen molar-refractivity contribution < 1.29 is 19.1 Å². The first-order valence-corrected chi connectivity index (χ1v) is 13.3. The Morgan fingerprint density at radius 3 is 2.68 bits per heavy atom. The van der Waals surface area contributed by atoms with Crippen LogP contribution in [0.2, 0.25) is 0 Å². The van der Waals surface area contributed by atoms with Crippen LogP contribution < -0.4 is 0 Å². The molecule has 0 aromatic carbocycles. The van der Waals surface area contributed by atoms with E-state index in [1.54, 1.807) is 5.57 Å². The summed E-state index contributed by atoms with van der Waals surface area (Å²) in [6.07, 6.45) is 11.8. The Bertz CT molecular complexity index is 1150. The fraction of sp³-hybridized carbons (Fsp3) is 0.667. The Hall–Kier alpha value is -2.10. The van der Waals surface area contributed by atoms with Crippen LogP contribution in [0.5, 0.6) is 0 Å². The number of hydrogen-bond donors (Lipinski definition) is 0. The van der Waals surface area contributed by atoms with E-state index in [0.29, 0.717) is 11.5 Å². The monoisotopic (exact) mass is 460 g/mol. The molecule has 4 nitrogen and oxygen atoms in total. The molecule has 34 heavy (non-hydrogen) atoms. The lowest BCUT2D eigenvalue weighted by molar-refractivity contribution is -0.150. The second-order valence-electron chi connectivity index (χ2n) is 13.0. The SMILES string of the molecule is C=C1C(=O)O[C@@H]2CC(C)=C3[C@H]4C=C(C)[C@]3(C[C@H]12)C[C@@]41C(=O)O[C@@H]2C[C@@]3(C)CCC[C@H](C)C3=C[C@@H]21. The van der Waals surface area contributed by atoms with Crippen LogP contribution in [0.3, 0.4) is 0 Å². The van der Waals surface area contributed by atoms with E-state index in [1.807, 2.05) is 0 Å². The lowest BCUT2D eigenvalue weighted by Crippen LogP contribution is -2.44. The summed E-state index contributed by atoms with van der Waals surface area (Å²) in [5.74, 6) is 0.621. The molecule has 9 atom stereocenters. The molecule has 4 fully saturated rings. The summed E-state index contributed by atoms with van der Waals surface area (Å²) in [6.45, 7) is 13.3. The van der Waals surface area contributed by atoms with Crippen LogP contribution in [0.25, 0.3) is 0 Å². The van der Waals surface area contributed by atoms with Crippen LogP contribution >= 0.6 is 0 Å². The molecule has 7 rings (SSSR count). The van der Waals surface area contributed by atoms with Crippen molar-refractivity contribution in [3.05, 3.63) is 46.6 Å². The van der Waals surface area contributed by atoms with Gasteiger partial charge in [-0.2, -0.15) is 0 Å². The predicted octanol–water partition coefficient (Wildman–Crippen LogP) is 5.85. The van der Waals surface area contributed by atoms with Crippen LogP contribution in [-0.2, 0) is 19.1 Å². The van der Waals surface area contributed by atoms with Gasteiger partial charge in [-0.05, 0) is 57.3 Å². The third-order valence-corrected chi connectivity index (χ3v) is 11.3. The highest BCUT2D eigenvalue weighted by molar-refractivity contribution is 5.91. The van der Waals surface area contributed by atoms with Crippen molar-refractivity contribution in [1.29, 1.82) is 0 Å². The fourth-order valence-electron chi connectivity index (χ4n) is 9.82. The Morgan fingerprint density at radius 1 is 1.09 bits per heavy atom. The Kier molecular flexibility index (Phi) is 3.97. The zero-order valence-electron chi connectivity index (χ0n) is 20.9. The van der Waals surface area contributed by atoms with Crippen LogP contribution in [0, 0.1) is 39.9 Å². The molecule has 4 heteroatoms. The van der Waals surface area contributed by atoms with E-state index in [-0.39, 0.29) is 52.7 Å². The third kappa shape index (κ3) is 2.27. The number of allylic oxidation sites excluding steroid dienone is 4. The molecule has 0 aromatic rings. The largest absolute Gasteiger partial charge is 0.461 e. The third-order valence-electron chi connectivity index (χ3n) is 11.3. The van der Waals surface area contributed by atoms with Crippen molar-refractivity contribution in [2.45, 2.75) is 84.8 Å². The summed E-state index contributed by atoms with van der Waals surface area (Å²) >= 11 is 0. The van der Waals surface area contributed by atoms with Crippen molar-refractivity contribution >= 4 is 11.9 Å². The van der Waals surface area contributed by atoms with Gasteiger partial charge >= 0.3 is 11.9 Å². The average Bonchev–Trinajstić information content (AvgIpc) is 3.37. The van der Waals surface area contributed by atoms with Gasteiger partial charge in [-0.3, -0.25) is 4.79 Å². The smallest absolute Gasteiger partial charge is 0.334 e. The van der Waals surface area contributed by atoms with Crippen molar-refractivity contribution in [3.8, 4) is 0 Å². The summed E-state index contributed by atoms with van der Waals surface area (Å²) < 4.78 is 12.0. The maximum absolute atomic E-state index is 13.9. The molecule has 5 aliphatic carbocycles. The number of rotatable bonds is 0. The average molecular weight is 461 g/mol. The molecule has 7 aliphatic rings. The van der Waals surface area contributed by atoms with Gasteiger partial charge in [0.05, 0.1) is 5.41 Å². The molecule has 180 valence electrons. The first-order chi connectivity index (χ1) is 16.1. The van der Waals surface area contributed by atoms with Crippen molar-refractivity contribution in [2.24, 2.45) is 39.9 Å². The zero-order valence-corrected chi connectivity index (χ0v) is 20.9. The molecule has 0 unspecified atom stereocenters. The molecule has 0 aromatic heterocycles. The predicted molar refractivity (Wildman–Crippen MR) is 128 cm³/mol. The lowest BCUT2D eigenvalue weighted by Gasteiger charge is -2.47. The van der Waals surface area contributed by atoms with E-state index >= 15 is 0 Å². The van der Waals surface area contributed by atoms with E-state index in [4.69, 9.17) is 9.47 Å². The standard InChI is InChI=1S/C30H36O4/c1-15-7-6-8-28(5)13-24-21(11-20(15)28)30(27(32)34-24)14-29-12-19-18(4)26(31)33-23(19)9-16(2)25(29)22(30)10-17(29)3/h10-11,15,19,21-24H,4,6-9,12-14H2,1-3,5H3/t15-,19+,21-,22+,23+,24+,28+,29-,30-/m0/s1. The molecule has 1 spiro atoms. The van der Waals surface area contributed by atoms with Gasteiger partial charge < -0.3 is 9.47 Å². The van der Waals surface area contributed by atoms with Crippen molar-refractivity contribution in [2.75, 3.05) is 0 Å². The number of carbonyl (C=O) groups is 2. The van der Waals surface area contributed by atoms with Crippen LogP contribution in [0.4, 0.5) is 0 Å². The highest BCUT2D eigenvalue weighted by atomic mass is 16.6. The normalized spacial score (nSPS) is 50.8. The second-order valence-corrected chi connectivity index (χ2v) is 13.0. The Labute approximate surface area is 202 Å². The van der Waals surface area contributed by atoms with E-state index < -0.39 is 5.41 Å². The van der Waals surface area contributed by atoms with Gasteiger partial charge in [0.25, 0.3) is 0 Å². The maximum atomic E-state index is 13.9. The molecule has 2 heterocycles. The highest BCUT2D eigenvalue weighted by Crippen LogP contribution is 2.75. The van der Waals surface area contributed by atoms with Gasteiger partial charge in [0.1, 0.15) is 12.2 Å². The van der Waals surface area contributed by atoms with Crippen molar-refractivity contribution in [1.82, 2.24) is 0 Å². The summed E-state index contributed by atoms with van der Waals surface area (Å²) in [4.78, 5) is 26.3. The van der Waals surface area contributed by atoms with Crippen LogP contribution in [0.15, 0.2) is 46.6 Å². The number of carbonyl (C=O) groups excluding carboxylic acids is 2. The summed E-state index contributed by atoms with van der Waals surface area (Å²) in [6, 6.07) is 0. The molecule has 2 aliphatic heterocycles. The van der Waals surface area contributed by atoms with Gasteiger partial charge in [-0.25, -0.2) is 4.79 Å². The van der Waals surface area contributed by atoms with Crippen LogP contribution in [-0.4, -0.2) is 24.1 Å². The lowest BCUT2D eigenvalue weighted by atomic mass is 9.55. The Morgan fingerprint density at radius 2 is 1.88 bits per heavy atom. The number of fused-ring (bicyclic) bond motifs is 5. The minimum Gasteiger partial charge on any atom is -0.461 e. The number of hydrogen-bond acceptors (Lipinski definition) is 4. The summed E-state index contributed by atoms with van der Waals surface area (Å²) in [7, 11) is 0. The first kappa shape index (κ1) is 21.2. The first-order valence-electron chi connectivity index (χ1n) is 13.3. The van der Waals surface area contributed by atoms with Gasteiger partial charge in [0.15, 0.2) is 0 Å². The topological polar surface area (TPSA) is 52.6 Å². The molecule has 2 saturated heterocycles. The number of ether oxygens (including phenoxy) is 2. The molecular formula is C30H36O4. The van der Waals surface area contributed by atoms with Gasteiger partial charge in [-0.15, -0.1) is 0 Å². The quantitative estimate of drug-likeness (QED) is 0.259. The molecule has 0 N–H and O–H groups in total. The minimum atomic E-state index is -0.510. The fourth-order valence-corrected chi connectivity index (χ4v) is 9.82. The zero-order chi connectivity index (χ0) is 23.8. The van der Waals surface area contributed by atoms with Gasteiger partial charge in [0, 0.05) is 35.2 Å². The second kappa shape index (κ2) is 6.36. The molecule has 2 bridgehead atoms. The van der Waals surface area contributed by atoms with E-state index in [1.165, 1.54) is 36.0 Å². The summed E-state index contributed by atoms with van der Waals surface area (Å²) in [5.41, 5.74) is 5.76. The molecule has 0 radical (unpaired) electrons. The van der Waals surface area contributed by atoms with Gasteiger partial charge in [0.2, 0.25) is 0 Å². The Balaban J connectivity index is 1.38. The molecule has 2 saturated carbocycles. The highest BCUT2D eigenvalue weighted by Gasteiger charge is 2.73. The molecular weight excluding hydrogens is 424 g/mol. The van der Waals surface area contributed by atoms with Crippen molar-refractivity contribution in [3.63, 3.8) is 0 Å². The maximum Gasteiger partial charge on any atom is 0.334 e. The number of esters is 2.